The highest BCUT2D eigenvalue weighted by molar-refractivity contribution is 6.33. The molecule has 29 rings (SSSR count). The standard InChI is InChI=1S/C123H138N4/c1-8-89-25-17-21-31-106(89)124(109-43-35-97(59-92(109)11-4)120-65-77-47-78(66-120)49-79(48-77)67-120)114-63-115(125(107-32-22-18-26-90(107)9-2)110-44-36-98(60-93(110)12-5)121-68-80-50-81(69-121)52-82(51-80)70-121)103-41-42-105-117(127(113-34-24-20-30-101(113)96-28-15-16-29-96)112-46-38-100(62-95(112)14-7)123-74-86-56-87(75-123)58-88(57-86)76-123)64-116(104-40-39-102(114)118(103)119(104)105)126(108-33-23-19-27-91(108)10-3)111-45-37-99(61-94(111)13-6)122-71-83-53-84(72-122)55-85(54-83)73-122/h17-27,30-46,59-64,77-88,96H,8-16,28-29,47-58,65-76H2,1-7H3. The summed E-state index contributed by atoms with van der Waals surface area (Å²) in [5, 5.41) is 7.93. The molecule has 0 N–H and O–H groups in total. The molecule has 0 amide bonds. The molecule has 0 radical (unpaired) electrons. The molecule has 0 unspecified atom stereocenters. The highest BCUT2D eigenvalue weighted by atomic mass is 15.2. The van der Waals surface area contributed by atoms with Crippen LogP contribution in [0.5, 0.6) is 0 Å². The van der Waals surface area contributed by atoms with Crippen LogP contribution >= 0.6 is 0 Å². The van der Waals surface area contributed by atoms with E-state index in [2.05, 4.69) is 274 Å². The smallest absolute Gasteiger partial charge is 0.0561 e. The first-order valence-electron chi connectivity index (χ1n) is 52.1. The van der Waals surface area contributed by atoms with Gasteiger partial charge in [-0.3, -0.25) is 0 Å². The minimum absolute atomic E-state index is 0.258. The van der Waals surface area contributed by atoms with Crippen LogP contribution in [0.15, 0.2) is 206 Å². The quantitative estimate of drug-likeness (QED) is 0.0559. The van der Waals surface area contributed by atoms with Gasteiger partial charge in [-0.15, -0.1) is 0 Å². The first kappa shape index (κ1) is 80.0. The van der Waals surface area contributed by atoms with Crippen molar-refractivity contribution >= 4 is 101 Å². The van der Waals surface area contributed by atoms with Gasteiger partial charge in [0.1, 0.15) is 0 Å². The number of aryl methyl sites for hydroxylation is 7. The molecule has 12 aromatic rings. The molecule has 0 spiro atoms. The van der Waals surface area contributed by atoms with Crippen LogP contribution in [-0.4, -0.2) is 0 Å². The summed E-state index contributed by atoms with van der Waals surface area (Å²) in [5.74, 6) is 10.8. The van der Waals surface area contributed by atoms with Crippen LogP contribution in [0.2, 0.25) is 0 Å². The molecule has 0 aromatic heterocycles. The van der Waals surface area contributed by atoms with Gasteiger partial charge in [0.25, 0.3) is 0 Å². The van der Waals surface area contributed by atoms with E-state index in [1.807, 2.05) is 0 Å². The van der Waals surface area contributed by atoms with Crippen molar-refractivity contribution in [3.05, 3.63) is 273 Å². The minimum atomic E-state index is 0.258. The Balaban J connectivity index is 0.814. The third-order valence-corrected chi connectivity index (χ3v) is 38.0. The second kappa shape index (κ2) is 31.0. The summed E-state index contributed by atoms with van der Waals surface area (Å²) >= 11 is 0. The highest BCUT2D eigenvalue weighted by Gasteiger charge is 2.56. The molecule has 17 fully saturated rings. The summed E-state index contributed by atoms with van der Waals surface area (Å²) in [4.78, 5) is 11.5. The Labute approximate surface area is 759 Å². The van der Waals surface area contributed by atoms with Crippen LogP contribution in [0.4, 0.5) is 68.2 Å². The number of hydrogen-bond acceptors (Lipinski definition) is 4. The van der Waals surface area contributed by atoms with Crippen LogP contribution in [0, 0.1) is 71.0 Å². The molecular weight excluding hydrogens is 1530 g/mol. The summed E-state index contributed by atoms with van der Waals surface area (Å²) in [7, 11) is 0. The Morgan fingerprint density at radius 2 is 0.425 bits per heavy atom. The third-order valence-electron chi connectivity index (χ3n) is 38.0. The summed E-state index contributed by atoms with van der Waals surface area (Å²) in [5.41, 5.74) is 34.6. The first-order valence-corrected chi connectivity index (χ1v) is 52.1. The van der Waals surface area contributed by atoms with Gasteiger partial charge in [0, 0.05) is 77.8 Å². The number of para-hydroxylation sites is 4. The molecule has 0 atom stereocenters. The van der Waals surface area contributed by atoms with E-state index in [9.17, 15) is 0 Å². The van der Waals surface area contributed by atoms with E-state index in [1.165, 1.54) is 325 Å². The maximum Gasteiger partial charge on any atom is 0.0561 e. The molecule has 16 bridgehead atoms. The van der Waals surface area contributed by atoms with Crippen LogP contribution in [-0.2, 0) is 66.6 Å². The lowest BCUT2D eigenvalue weighted by Crippen LogP contribution is -2.48. The Kier molecular flexibility index (Phi) is 19.5. The predicted octanol–water partition coefficient (Wildman–Crippen LogP) is 33.9. The van der Waals surface area contributed by atoms with Gasteiger partial charge in [0.05, 0.1) is 22.7 Å². The van der Waals surface area contributed by atoms with E-state index in [4.69, 9.17) is 0 Å². The fourth-order valence-electron chi connectivity index (χ4n) is 34.1. The van der Waals surface area contributed by atoms with Crippen molar-refractivity contribution in [3.63, 3.8) is 0 Å². The summed E-state index contributed by atoms with van der Waals surface area (Å²) in [6, 6.07) is 87.7. The van der Waals surface area contributed by atoms with Crippen LogP contribution in [0.1, 0.15) is 301 Å². The van der Waals surface area contributed by atoms with Crippen molar-refractivity contribution in [1.29, 1.82) is 0 Å². The average molecular weight is 1670 g/mol. The molecule has 0 aliphatic heterocycles. The lowest BCUT2D eigenvalue weighted by molar-refractivity contribution is -0.00533. The third kappa shape index (κ3) is 12.9. The van der Waals surface area contributed by atoms with Crippen molar-refractivity contribution in [2.24, 2.45) is 71.0 Å². The largest absolute Gasteiger partial charge is 0.309 e. The maximum atomic E-state index is 2.92. The van der Waals surface area contributed by atoms with Crippen LogP contribution < -0.4 is 19.6 Å². The molecule has 0 heterocycles. The lowest BCUT2D eigenvalue weighted by atomic mass is 9.48. The van der Waals surface area contributed by atoms with Crippen molar-refractivity contribution in [2.45, 2.75) is 301 Å². The predicted molar refractivity (Wildman–Crippen MR) is 535 cm³/mol. The van der Waals surface area contributed by atoms with Gasteiger partial charge >= 0.3 is 0 Å². The highest BCUT2D eigenvalue weighted by Crippen LogP contribution is 2.68. The molecule has 12 aromatic carbocycles. The lowest BCUT2D eigenvalue weighted by Gasteiger charge is -2.57. The molecular formula is C123H138N4. The van der Waals surface area contributed by atoms with Crippen LogP contribution in [0.3, 0.4) is 0 Å². The van der Waals surface area contributed by atoms with Crippen molar-refractivity contribution in [2.75, 3.05) is 19.6 Å². The minimum Gasteiger partial charge on any atom is -0.309 e. The van der Waals surface area contributed by atoms with Crippen molar-refractivity contribution < 1.29 is 0 Å². The monoisotopic (exact) mass is 1670 g/mol. The first-order chi connectivity index (χ1) is 62.3. The number of rotatable bonds is 24. The van der Waals surface area contributed by atoms with Crippen LogP contribution in [0.25, 0.3) is 32.3 Å². The number of anilines is 12. The van der Waals surface area contributed by atoms with Gasteiger partial charge < -0.3 is 19.6 Å². The number of hydrogen-bond donors (Lipinski definition) is 0. The average Bonchev–Trinajstić information content (AvgIpc) is 1.06. The molecule has 17 saturated carbocycles. The van der Waals surface area contributed by atoms with Gasteiger partial charge in [0.2, 0.25) is 0 Å². The van der Waals surface area contributed by atoms with Gasteiger partial charge in [0.15, 0.2) is 0 Å². The molecule has 127 heavy (non-hydrogen) atoms. The zero-order chi connectivity index (χ0) is 84.9. The topological polar surface area (TPSA) is 13.0 Å². The molecule has 0 saturated heterocycles. The Bertz CT molecular complexity index is 5960. The van der Waals surface area contributed by atoms with Gasteiger partial charge in [-0.2, -0.15) is 0 Å². The molecule has 17 aliphatic rings. The molecule has 4 nitrogen and oxygen atoms in total. The Hall–Kier alpha value is -9.12. The van der Waals surface area contributed by atoms with E-state index >= 15 is 0 Å². The van der Waals surface area contributed by atoms with E-state index in [0.717, 1.165) is 116 Å². The molecule has 17 aliphatic carbocycles. The van der Waals surface area contributed by atoms with Gasteiger partial charge in [-0.25, -0.2) is 0 Å². The Morgan fingerprint density at radius 1 is 0.213 bits per heavy atom. The maximum absolute atomic E-state index is 2.92. The molecule has 4 heteroatoms. The fraction of sp³-hybridized carbons (Fsp3) is 0.480. The number of benzene rings is 12. The van der Waals surface area contributed by atoms with E-state index < -0.39 is 0 Å². The second-order valence-corrected chi connectivity index (χ2v) is 45.3. The number of nitrogens with zero attached hydrogens (tertiary/aromatic N) is 4. The summed E-state index contributed by atoms with van der Waals surface area (Å²) < 4.78 is 0. The fourth-order valence-corrected chi connectivity index (χ4v) is 34.1. The molecule has 650 valence electrons. The SMILES string of the molecule is CCc1ccccc1N(c1ccc(C23CC4CC(CC(C4)C2)C3)cc1CC)c1cc(N(c2ccccc2CC)c2ccc(C34CC5CC(CC(C5)C3)C4)cc2CC)c2ccc3c(N(c4ccc(C56CC7CC(CC(C7)C5)C6)cc4CC)c4ccccc4C4CCCC4)cc(N(c4ccccc4CC)c4ccc(C56CC7CC(CC(C7)C5)C6)cc4CC)c4ccc1c2c43. The second-order valence-electron chi connectivity index (χ2n) is 45.3. The zero-order valence-electron chi connectivity index (χ0n) is 77.7. The summed E-state index contributed by atoms with van der Waals surface area (Å²) in [6.45, 7) is 17.2. The van der Waals surface area contributed by atoms with E-state index in [-0.39, 0.29) is 21.7 Å². The Morgan fingerprint density at radius 3 is 0.669 bits per heavy atom. The van der Waals surface area contributed by atoms with E-state index in [1.54, 1.807) is 22.3 Å². The summed E-state index contributed by atoms with van der Waals surface area (Å²) in [6.07, 6.45) is 45.2. The zero-order valence-corrected chi connectivity index (χ0v) is 77.7. The normalized spacial score (nSPS) is 29.8. The van der Waals surface area contributed by atoms with Crippen molar-refractivity contribution in [1.82, 2.24) is 0 Å². The van der Waals surface area contributed by atoms with Gasteiger partial charge in [-0.1, -0.05) is 207 Å². The van der Waals surface area contributed by atoms with Crippen molar-refractivity contribution in [3.8, 4) is 0 Å². The van der Waals surface area contributed by atoms with Gasteiger partial charge in [-0.05, 0) is 438 Å². The van der Waals surface area contributed by atoms with E-state index in [0.29, 0.717) is 5.92 Å².